The normalized spacial score (nSPS) is 27.5. The van der Waals surface area contributed by atoms with Crippen molar-refractivity contribution in [2.45, 2.75) is 44.1 Å². The molecule has 1 amide bonds. The number of rotatable bonds is 6. The molecule has 152 valence electrons. The van der Waals surface area contributed by atoms with E-state index < -0.39 is 36.7 Å². The Hall–Kier alpha value is -2.66. The first-order valence-corrected chi connectivity index (χ1v) is 8.71. The Kier molecular flexibility index (Phi) is 5.84. The minimum atomic E-state index is -1.78. The van der Waals surface area contributed by atoms with Crippen LogP contribution in [-0.4, -0.2) is 74.5 Å². The Labute approximate surface area is 159 Å². The van der Waals surface area contributed by atoms with Crippen LogP contribution in [0.4, 0.5) is 0 Å². The minimum absolute atomic E-state index is 0.124. The Balaban J connectivity index is 1.77. The molecule has 10 heteroatoms. The molecule has 10 nitrogen and oxygen atoms in total. The summed E-state index contributed by atoms with van der Waals surface area (Å²) < 4.78 is 10.7. The highest BCUT2D eigenvalue weighted by molar-refractivity contribution is 5.84. The molecule has 0 spiro atoms. The summed E-state index contributed by atoms with van der Waals surface area (Å²) in [5.41, 5.74) is 1.76. The van der Waals surface area contributed by atoms with E-state index in [0.29, 0.717) is 13.0 Å². The van der Waals surface area contributed by atoms with Crippen molar-refractivity contribution in [2.24, 2.45) is 0 Å². The summed E-state index contributed by atoms with van der Waals surface area (Å²) in [4.78, 5) is 25.3. The number of H-pyrrole nitrogens is 1. The second-order valence-electron chi connectivity index (χ2n) is 6.61. The van der Waals surface area contributed by atoms with E-state index in [2.05, 4.69) is 10.3 Å². The number of hydrogen-bond acceptors (Lipinski definition) is 7. The highest BCUT2D eigenvalue weighted by Gasteiger charge is 2.48. The summed E-state index contributed by atoms with van der Waals surface area (Å²) in [7, 11) is 0. The van der Waals surface area contributed by atoms with Gasteiger partial charge in [-0.1, -0.05) is 0 Å². The maximum atomic E-state index is 11.2. The number of aromatic nitrogens is 1. The van der Waals surface area contributed by atoms with Gasteiger partial charge in [-0.15, -0.1) is 0 Å². The fourth-order valence-corrected chi connectivity index (χ4v) is 3.09. The number of aromatic amines is 1. The topological polar surface area (TPSA) is 161 Å². The first-order valence-electron chi connectivity index (χ1n) is 8.71. The van der Waals surface area contributed by atoms with Crippen molar-refractivity contribution < 1.29 is 39.5 Å². The van der Waals surface area contributed by atoms with Crippen molar-refractivity contribution in [3.63, 3.8) is 0 Å². The number of carbonyl (C=O) groups is 2. The van der Waals surface area contributed by atoms with Gasteiger partial charge in [0.15, 0.2) is 6.10 Å². The van der Waals surface area contributed by atoms with Crippen LogP contribution >= 0.6 is 0 Å². The molecule has 1 aromatic carbocycles. The Bertz CT molecular complexity index is 866. The lowest BCUT2D eigenvalue weighted by Gasteiger charge is -2.38. The zero-order valence-electron chi connectivity index (χ0n) is 15.0. The fraction of sp³-hybridized carbons (Fsp3) is 0.444. The SMILES string of the molecule is CC(=O)NCCc1c[nH]c2ccc(O[C@@H]3O[C@H](C(=O)O)[C@@H](O)[C@H](O)[C@@H]3O)cc12. The van der Waals surface area contributed by atoms with E-state index in [-0.39, 0.29) is 11.7 Å². The largest absolute Gasteiger partial charge is 0.479 e. The average molecular weight is 394 g/mol. The minimum Gasteiger partial charge on any atom is -0.479 e. The summed E-state index contributed by atoms with van der Waals surface area (Å²) in [6.07, 6.45) is -5.96. The van der Waals surface area contributed by atoms with Gasteiger partial charge in [0.2, 0.25) is 12.2 Å². The van der Waals surface area contributed by atoms with Crippen LogP contribution < -0.4 is 10.1 Å². The molecular weight excluding hydrogens is 372 g/mol. The molecule has 6 N–H and O–H groups in total. The number of benzene rings is 1. The molecule has 2 aromatic rings. The van der Waals surface area contributed by atoms with E-state index >= 15 is 0 Å². The number of fused-ring (bicyclic) bond motifs is 1. The number of carboxylic acid groups (broad SMARTS) is 1. The number of aliphatic hydroxyl groups is 3. The third kappa shape index (κ3) is 4.09. The predicted molar refractivity (Wildman–Crippen MR) is 95.6 cm³/mol. The van der Waals surface area contributed by atoms with Gasteiger partial charge in [-0.25, -0.2) is 4.79 Å². The number of amides is 1. The summed E-state index contributed by atoms with van der Waals surface area (Å²) in [5, 5.41) is 42.3. The van der Waals surface area contributed by atoms with Crippen LogP contribution in [0.2, 0.25) is 0 Å². The van der Waals surface area contributed by atoms with Crippen LogP contribution in [-0.2, 0) is 20.7 Å². The van der Waals surface area contributed by atoms with Gasteiger partial charge >= 0.3 is 5.97 Å². The first-order chi connectivity index (χ1) is 13.3. The van der Waals surface area contributed by atoms with Crippen LogP contribution in [0, 0.1) is 0 Å². The lowest BCUT2D eigenvalue weighted by molar-refractivity contribution is -0.271. The molecule has 1 saturated heterocycles. The molecule has 0 saturated carbocycles. The monoisotopic (exact) mass is 394 g/mol. The molecule has 0 aliphatic carbocycles. The molecule has 2 heterocycles. The third-order valence-electron chi connectivity index (χ3n) is 4.57. The Morgan fingerprint density at radius 2 is 1.96 bits per heavy atom. The summed E-state index contributed by atoms with van der Waals surface area (Å²) in [5.74, 6) is -1.32. The second kappa shape index (κ2) is 8.15. The Morgan fingerprint density at radius 3 is 2.64 bits per heavy atom. The lowest BCUT2D eigenvalue weighted by Crippen LogP contribution is -2.61. The van der Waals surface area contributed by atoms with Gasteiger partial charge in [-0.3, -0.25) is 4.79 Å². The predicted octanol–water partition coefficient (Wildman–Crippen LogP) is -0.882. The van der Waals surface area contributed by atoms with Crippen LogP contribution in [0.3, 0.4) is 0 Å². The highest BCUT2D eigenvalue weighted by atomic mass is 16.7. The number of hydrogen-bond donors (Lipinski definition) is 6. The molecule has 28 heavy (non-hydrogen) atoms. The average Bonchev–Trinajstić information content (AvgIpc) is 3.04. The van der Waals surface area contributed by atoms with Crippen molar-refractivity contribution in [1.29, 1.82) is 0 Å². The lowest BCUT2D eigenvalue weighted by atomic mass is 9.99. The molecular formula is C18H22N2O8. The summed E-state index contributed by atoms with van der Waals surface area (Å²) in [6.45, 7) is 1.90. The number of aliphatic carboxylic acids is 1. The molecule has 3 rings (SSSR count). The number of nitrogens with one attached hydrogen (secondary N) is 2. The molecule has 5 atom stereocenters. The van der Waals surface area contributed by atoms with Crippen molar-refractivity contribution in [3.8, 4) is 5.75 Å². The van der Waals surface area contributed by atoms with Crippen LogP contribution in [0.1, 0.15) is 12.5 Å². The summed E-state index contributed by atoms with van der Waals surface area (Å²) in [6, 6.07) is 5.01. The number of aliphatic hydroxyl groups excluding tert-OH is 3. The van der Waals surface area contributed by atoms with Gasteiger partial charge in [0.25, 0.3) is 0 Å². The third-order valence-corrected chi connectivity index (χ3v) is 4.57. The van der Waals surface area contributed by atoms with Crippen LogP contribution in [0.15, 0.2) is 24.4 Å². The van der Waals surface area contributed by atoms with E-state index in [0.717, 1.165) is 16.5 Å². The van der Waals surface area contributed by atoms with E-state index in [1.165, 1.54) is 6.92 Å². The summed E-state index contributed by atoms with van der Waals surface area (Å²) >= 11 is 0. The molecule has 1 fully saturated rings. The van der Waals surface area contributed by atoms with E-state index in [4.69, 9.17) is 14.6 Å². The van der Waals surface area contributed by atoms with Gasteiger partial charge in [-0.2, -0.15) is 0 Å². The van der Waals surface area contributed by atoms with Gasteiger partial charge in [-0.05, 0) is 30.2 Å². The second-order valence-corrected chi connectivity index (χ2v) is 6.61. The molecule has 1 aromatic heterocycles. The zero-order valence-corrected chi connectivity index (χ0v) is 15.0. The Morgan fingerprint density at radius 1 is 1.21 bits per heavy atom. The maximum absolute atomic E-state index is 11.2. The van der Waals surface area contributed by atoms with E-state index in [9.17, 15) is 24.9 Å². The van der Waals surface area contributed by atoms with Crippen LogP contribution in [0.5, 0.6) is 5.75 Å². The smallest absolute Gasteiger partial charge is 0.335 e. The van der Waals surface area contributed by atoms with Gasteiger partial charge in [0.1, 0.15) is 24.1 Å². The standard InChI is InChI=1S/C18H22N2O8/c1-8(21)19-5-4-9-7-20-12-3-2-10(6-11(9)12)27-18-15(24)13(22)14(23)16(28-18)17(25)26/h2-3,6-7,13-16,18,20,22-24H,4-5H2,1H3,(H,19,21)(H,25,26)/t13-,14-,15-,16-,18+/m0/s1. The molecule has 0 unspecified atom stereocenters. The molecule has 0 bridgehead atoms. The fourth-order valence-electron chi connectivity index (χ4n) is 3.09. The van der Waals surface area contributed by atoms with Gasteiger partial charge in [0, 0.05) is 30.6 Å². The van der Waals surface area contributed by atoms with Crippen molar-refractivity contribution in [2.75, 3.05) is 6.54 Å². The van der Waals surface area contributed by atoms with Crippen molar-refractivity contribution >= 4 is 22.8 Å². The molecule has 1 aliphatic heterocycles. The van der Waals surface area contributed by atoms with Gasteiger partial charge in [0.05, 0.1) is 0 Å². The van der Waals surface area contributed by atoms with Gasteiger partial charge < -0.3 is 40.2 Å². The first kappa shape index (κ1) is 20.1. The highest BCUT2D eigenvalue weighted by Crippen LogP contribution is 2.28. The van der Waals surface area contributed by atoms with E-state index in [1.807, 2.05) is 6.20 Å². The van der Waals surface area contributed by atoms with Crippen molar-refractivity contribution in [3.05, 3.63) is 30.0 Å². The van der Waals surface area contributed by atoms with Crippen LogP contribution in [0.25, 0.3) is 10.9 Å². The number of carbonyl (C=O) groups excluding carboxylic acids is 1. The molecule has 1 aliphatic rings. The zero-order chi connectivity index (χ0) is 20.4. The van der Waals surface area contributed by atoms with Crippen molar-refractivity contribution in [1.82, 2.24) is 10.3 Å². The number of ether oxygens (including phenoxy) is 2. The number of carboxylic acids is 1. The quantitative estimate of drug-likeness (QED) is 0.368. The molecule has 0 radical (unpaired) electrons. The van der Waals surface area contributed by atoms with E-state index in [1.54, 1.807) is 18.2 Å². The maximum Gasteiger partial charge on any atom is 0.335 e.